The minimum absolute atomic E-state index is 0.0652. The predicted octanol–water partition coefficient (Wildman–Crippen LogP) is 0.259. The van der Waals surface area contributed by atoms with Gasteiger partial charge in [-0.05, 0) is 19.8 Å². The summed E-state index contributed by atoms with van der Waals surface area (Å²) in [5, 5.41) is 0. The number of carbonyl (C=O) groups is 2. The Bertz CT molecular complexity index is 623. The largest absolute Gasteiger partial charge is 0.369 e. The zero-order valence-electron chi connectivity index (χ0n) is 12.3. The van der Waals surface area contributed by atoms with Gasteiger partial charge in [0, 0.05) is 24.2 Å². The molecule has 1 fully saturated rings. The summed E-state index contributed by atoms with van der Waals surface area (Å²) in [5.41, 5.74) is 6.28. The number of unbranched alkanes of at least 4 members (excludes halogenated alkanes) is 1. The van der Waals surface area contributed by atoms with Gasteiger partial charge in [-0.2, -0.15) is 0 Å². The molecule has 0 spiro atoms. The number of nitrogens with one attached hydrogen (secondary N) is 1. The average Bonchev–Trinajstić information content (AvgIpc) is 2.80. The molecule has 0 aromatic carbocycles. The number of nitrogens with zero attached hydrogens (tertiary/aromatic N) is 2. The van der Waals surface area contributed by atoms with Gasteiger partial charge < -0.3 is 5.73 Å². The van der Waals surface area contributed by atoms with E-state index in [0.29, 0.717) is 17.7 Å². The van der Waals surface area contributed by atoms with E-state index in [-0.39, 0.29) is 30.4 Å². The number of primary amides is 1. The number of hydrogen-bond acceptors (Lipinski definition) is 4. The van der Waals surface area contributed by atoms with Crippen LogP contribution in [0.2, 0.25) is 0 Å². The van der Waals surface area contributed by atoms with Crippen molar-refractivity contribution in [3.63, 3.8) is 0 Å². The SMILES string of the molecule is CCCCc1c(C)nc(N2CC(C(N)=O)CC2=O)[nH]c1=O. The highest BCUT2D eigenvalue weighted by atomic mass is 16.2. The minimum Gasteiger partial charge on any atom is -0.369 e. The molecule has 2 amide bonds. The van der Waals surface area contributed by atoms with E-state index in [0.717, 1.165) is 12.8 Å². The molecule has 2 heterocycles. The van der Waals surface area contributed by atoms with Crippen LogP contribution in [0.5, 0.6) is 0 Å². The highest BCUT2D eigenvalue weighted by molar-refractivity contribution is 5.98. The van der Waals surface area contributed by atoms with Crippen molar-refractivity contribution < 1.29 is 9.59 Å². The summed E-state index contributed by atoms with van der Waals surface area (Å²) in [5.74, 6) is -1.08. The summed E-state index contributed by atoms with van der Waals surface area (Å²) in [6.07, 6.45) is 2.64. The predicted molar refractivity (Wildman–Crippen MR) is 77.9 cm³/mol. The van der Waals surface area contributed by atoms with Crippen molar-refractivity contribution in [2.24, 2.45) is 11.7 Å². The maximum atomic E-state index is 12.1. The van der Waals surface area contributed by atoms with Crippen molar-refractivity contribution in [3.8, 4) is 0 Å². The summed E-state index contributed by atoms with van der Waals surface area (Å²) in [7, 11) is 0. The fraction of sp³-hybridized carbons (Fsp3) is 0.571. The van der Waals surface area contributed by atoms with E-state index in [1.54, 1.807) is 6.92 Å². The van der Waals surface area contributed by atoms with Gasteiger partial charge in [0.2, 0.25) is 17.8 Å². The van der Waals surface area contributed by atoms with Crippen LogP contribution in [0.1, 0.15) is 37.4 Å². The summed E-state index contributed by atoms with van der Waals surface area (Å²) < 4.78 is 0. The van der Waals surface area contributed by atoms with Gasteiger partial charge >= 0.3 is 0 Å². The van der Waals surface area contributed by atoms with Gasteiger partial charge in [-0.25, -0.2) is 4.98 Å². The van der Waals surface area contributed by atoms with Crippen LogP contribution in [0.15, 0.2) is 4.79 Å². The topological polar surface area (TPSA) is 109 Å². The molecule has 2 rings (SSSR count). The van der Waals surface area contributed by atoms with Gasteiger partial charge in [0.25, 0.3) is 5.56 Å². The summed E-state index contributed by atoms with van der Waals surface area (Å²) in [6, 6.07) is 0. The first-order valence-corrected chi connectivity index (χ1v) is 7.13. The Labute approximate surface area is 122 Å². The van der Waals surface area contributed by atoms with E-state index in [1.807, 2.05) is 0 Å². The molecule has 0 radical (unpaired) electrons. The van der Waals surface area contributed by atoms with Gasteiger partial charge in [0.05, 0.1) is 5.92 Å². The van der Waals surface area contributed by atoms with Crippen LogP contribution >= 0.6 is 0 Å². The Balaban J connectivity index is 2.28. The van der Waals surface area contributed by atoms with E-state index in [2.05, 4.69) is 16.9 Å². The smallest absolute Gasteiger partial charge is 0.255 e. The average molecular weight is 292 g/mol. The van der Waals surface area contributed by atoms with E-state index >= 15 is 0 Å². The van der Waals surface area contributed by atoms with Crippen LogP contribution < -0.4 is 16.2 Å². The van der Waals surface area contributed by atoms with Crippen molar-refractivity contribution in [3.05, 3.63) is 21.6 Å². The Kier molecular flexibility index (Phi) is 4.40. The third kappa shape index (κ3) is 3.12. The van der Waals surface area contributed by atoms with Crippen LogP contribution in [0.3, 0.4) is 0 Å². The lowest BCUT2D eigenvalue weighted by Gasteiger charge is -2.16. The summed E-state index contributed by atoms with van der Waals surface area (Å²) in [6.45, 7) is 3.99. The number of anilines is 1. The third-order valence-electron chi connectivity index (χ3n) is 3.77. The van der Waals surface area contributed by atoms with Crippen molar-refractivity contribution in [2.45, 2.75) is 39.5 Å². The Hall–Kier alpha value is -2.18. The number of hydrogen-bond donors (Lipinski definition) is 2. The first-order valence-electron chi connectivity index (χ1n) is 7.13. The van der Waals surface area contributed by atoms with Crippen LogP contribution in [0.25, 0.3) is 0 Å². The zero-order valence-corrected chi connectivity index (χ0v) is 12.3. The quantitative estimate of drug-likeness (QED) is 0.811. The molecule has 1 aromatic rings. The molecule has 1 aliphatic rings. The second-order valence-electron chi connectivity index (χ2n) is 5.36. The van der Waals surface area contributed by atoms with Gasteiger partial charge in [-0.1, -0.05) is 13.3 Å². The molecule has 3 N–H and O–H groups in total. The molecular formula is C14H20N4O3. The molecule has 114 valence electrons. The maximum Gasteiger partial charge on any atom is 0.255 e. The number of aromatic nitrogens is 2. The first kappa shape index (κ1) is 15.2. The van der Waals surface area contributed by atoms with Gasteiger partial charge in [-0.15, -0.1) is 0 Å². The Morgan fingerprint density at radius 2 is 2.19 bits per heavy atom. The van der Waals surface area contributed by atoms with Gasteiger partial charge in [-0.3, -0.25) is 24.3 Å². The lowest BCUT2D eigenvalue weighted by atomic mass is 10.1. The van der Waals surface area contributed by atoms with Crippen LogP contribution in [-0.2, 0) is 16.0 Å². The van der Waals surface area contributed by atoms with E-state index in [1.165, 1.54) is 4.90 Å². The molecule has 0 saturated carbocycles. The summed E-state index contributed by atoms with van der Waals surface area (Å²) >= 11 is 0. The van der Waals surface area contributed by atoms with Crippen molar-refractivity contribution in [2.75, 3.05) is 11.4 Å². The molecule has 7 heteroatoms. The molecule has 1 saturated heterocycles. The number of aromatic amines is 1. The first-order chi connectivity index (χ1) is 9.93. The molecular weight excluding hydrogens is 272 g/mol. The normalized spacial score (nSPS) is 18.3. The molecule has 1 aliphatic heterocycles. The number of H-pyrrole nitrogens is 1. The van der Waals surface area contributed by atoms with Crippen LogP contribution in [0, 0.1) is 12.8 Å². The van der Waals surface area contributed by atoms with Gasteiger partial charge in [0.15, 0.2) is 0 Å². The van der Waals surface area contributed by atoms with Crippen molar-refractivity contribution in [1.82, 2.24) is 9.97 Å². The van der Waals surface area contributed by atoms with E-state index in [9.17, 15) is 14.4 Å². The Morgan fingerprint density at radius 3 is 2.71 bits per heavy atom. The highest BCUT2D eigenvalue weighted by Crippen LogP contribution is 2.21. The molecule has 1 atom stereocenters. The highest BCUT2D eigenvalue weighted by Gasteiger charge is 2.35. The molecule has 1 unspecified atom stereocenters. The summed E-state index contributed by atoms with van der Waals surface area (Å²) in [4.78, 5) is 43.5. The number of amides is 2. The van der Waals surface area contributed by atoms with E-state index < -0.39 is 11.8 Å². The molecule has 21 heavy (non-hydrogen) atoms. The lowest BCUT2D eigenvalue weighted by molar-refractivity contribution is -0.123. The van der Waals surface area contributed by atoms with Gasteiger partial charge in [0.1, 0.15) is 0 Å². The third-order valence-corrected chi connectivity index (χ3v) is 3.77. The van der Waals surface area contributed by atoms with E-state index in [4.69, 9.17) is 5.73 Å². The fourth-order valence-electron chi connectivity index (χ4n) is 2.47. The number of carbonyl (C=O) groups excluding carboxylic acids is 2. The standard InChI is InChI=1S/C14H20N4O3/c1-3-4-5-10-8(2)16-14(17-13(10)21)18-7-9(12(15)20)6-11(18)19/h9H,3-7H2,1-2H3,(H2,15,20)(H,16,17,21). The second kappa shape index (κ2) is 6.07. The van der Waals surface area contributed by atoms with Crippen molar-refractivity contribution >= 4 is 17.8 Å². The minimum atomic E-state index is -0.525. The Morgan fingerprint density at radius 1 is 1.48 bits per heavy atom. The zero-order chi connectivity index (χ0) is 15.6. The van der Waals surface area contributed by atoms with Crippen LogP contribution in [-0.4, -0.2) is 28.3 Å². The molecule has 7 nitrogen and oxygen atoms in total. The van der Waals surface area contributed by atoms with Crippen molar-refractivity contribution in [1.29, 1.82) is 0 Å². The molecule has 1 aromatic heterocycles. The molecule has 0 aliphatic carbocycles. The number of aryl methyl sites for hydroxylation is 1. The maximum absolute atomic E-state index is 12.1. The monoisotopic (exact) mass is 292 g/mol. The fourth-order valence-corrected chi connectivity index (χ4v) is 2.47. The van der Waals surface area contributed by atoms with Crippen LogP contribution in [0.4, 0.5) is 5.95 Å². The number of nitrogens with two attached hydrogens (primary N) is 1. The second-order valence-corrected chi connectivity index (χ2v) is 5.36. The number of rotatable bonds is 5. The molecule has 0 bridgehead atoms. The lowest BCUT2D eigenvalue weighted by Crippen LogP contribution is -2.32.